The molecule has 33 heavy (non-hydrogen) atoms. The summed E-state index contributed by atoms with van der Waals surface area (Å²) in [5.74, 6) is 0.0156. The van der Waals surface area contributed by atoms with Crippen LogP contribution in [0.4, 0.5) is 0 Å². The Kier molecular flexibility index (Phi) is 19.4. The summed E-state index contributed by atoms with van der Waals surface area (Å²) in [6.07, 6.45) is 25.2. The minimum atomic E-state index is -0.607. The summed E-state index contributed by atoms with van der Waals surface area (Å²) in [6.45, 7) is 13.6. The number of aliphatic carboxylic acids is 1. The van der Waals surface area contributed by atoms with Gasteiger partial charge in [0.1, 0.15) is 0 Å². The molecule has 0 aliphatic heterocycles. The molecule has 0 spiro atoms. The van der Waals surface area contributed by atoms with Crippen LogP contribution in [0.15, 0.2) is 0 Å². The lowest BCUT2D eigenvalue weighted by molar-refractivity contribution is -0.165. The minimum Gasteiger partial charge on any atom is -0.481 e. The van der Waals surface area contributed by atoms with Crippen molar-refractivity contribution in [2.45, 2.75) is 176 Å². The topological polar surface area (TPSA) is 37.3 Å². The molecule has 2 atom stereocenters. The summed E-state index contributed by atoms with van der Waals surface area (Å²) < 4.78 is 0. The van der Waals surface area contributed by atoms with Gasteiger partial charge in [0.25, 0.3) is 0 Å². The summed E-state index contributed by atoms with van der Waals surface area (Å²) in [5, 5.41) is 10.8. The highest BCUT2D eigenvalue weighted by Gasteiger charge is 2.54. The fourth-order valence-electron chi connectivity index (χ4n) is 6.43. The zero-order chi connectivity index (χ0) is 25.0. The van der Waals surface area contributed by atoms with E-state index in [4.69, 9.17) is 0 Å². The quantitative estimate of drug-likeness (QED) is 0.144. The molecule has 0 aromatic heterocycles. The van der Waals surface area contributed by atoms with E-state index >= 15 is 0 Å². The van der Waals surface area contributed by atoms with E-state index in [2.05, 4.69) is 41.5 Å². The second kappa shape index (κ2) is 19.7. The van der Waals surface area contributed by atoms with Crippen LogP contribution < -0.4 is 0 Å². The summed E-state index contributed by atoms with van der Waals surface area (Å²) in [5.41, 5.74) is -0.669. The van der Waals surface area contributed by atoms with Crippen LogP contribution in [0.2, 0.25) is 0 Å². The van der Waals surface area contributed by atoms with Gasteiger partial charge in [-0.2, -0.15) is 0 Å². The summed E-state index contributed by atoms with van der Waals surface area (Å²) in [4.78, 5) is 13.1. The van der Waals surface area contributed by atoms with Crippen molar-refractivity contribution in [1.29, 1.82) is 0 Å². The Morgan fingerprint density at radius 1 is 0.606 bits per heavy atom. The predicted molar refractivity (Wildman–Crippen MR) is 147 cm³/mol. The number of hydrogen-bond acceptors (Lipinski definition) is 1. The highest BCUT2D eigenvalue weighted by molar-refractivity contribution is 5.75. The van der Waals surface area contributed by atoms with E-state index in [0.717, 1.165) is 32.1 Å². The monoisotopic (exact) mass is 466 g/mol. The van der Waals surface area contributed by atoms with E-state index in [0.29, 0.717) is 5.92 Å². The van der Waals surface area contributed by atoms with Gasteiger partial charge in [0.2, 0.25) is 0 Å². The van der Waals surface area contributed by atoms with E-state index in [9.17, 15) is 9.90 Å². The fourth-order valence-corrected chi connectivity index (χ4v) is 6.43. The van der Waals surface area contributed by atoms with Crippen molar-refractivity contribution in [3.05, 3.63) is 0 Å². The SMILES string of the molecule is CCCCCCC(CC)C(CCCCCC)(CCCCCC)C(C)(CCCCCC)C(=O)O. The molecule has 2 nitrogen and oxygen atoms in total. The van der Waals surface area contributed by atoms with Crippen molar-refractivity contribution in [3.63, 3.8) is 0 Å². The molecular weight excluding hydrogens is 404 g/mol. The molecule has 0 aliphatic carbocycles. The maximum absolute atomic E-state index is 13.1. The first-order chi connectivity index (χ1) is 15.9. The molecule has 0 aliphatic rings. The molecule has 0 rings (SSSR count). The van der Waals surface area contributed by atoms with Crippen LogP contribution in [0, 0.1) is 16.7 Å². The molecule has 0 radical (unpaired) electrons. The Balaban J connectivity index is 6.08. The first-order valence-electron chi connectivity index (χ1n) is 15.1. The van der Waals surface area contributed by atoms with Gasteiger partial charge in [-0.05, 0) is 43.9 Å². The lowest BCUT2D eigenvalue weighted by Crippen LogP contribution is -2.50. The van der Waals surface area contributed by atoms with Gasteiger partial charge in [-0.3, -0.25) is 4.79 Å². The zero-order valence-corrected chi connectivity index (χ0v) is 23.8. The third kappa shape index (κ3) is 11.2. The van der Waals surface area contributed by atoms with Gasteiger partial charge in [-0.15, -0.1) is 0 Å². The molecule has 0 amide bonds. The van der Waals surface area contributed by atoms with Crippen molar-refractivity contribution < 1.29 is 9.90 Å². The molecule has 0 aromatic carbocycles. The van der Waals surface area contributed by atoms with Gasteiger partial charge in [0.05, 0.1) is 5.41 Å². The fraction of sp³-hybridized carbons (Fsp3) is 0.968. The second-order valence-corrected chi connectivity index (χ2v) is 11.2. The summed E-state index contributed by atoms with van der Waals surface area (Å²) >= 11 is 0. The Labute approximate surface area is 209 Å². The van der Waals surface area contributed by atoms with Gasteiger partial charge in [-0.25, -0.2) is 0 Å². The van der Waals surface area contributed by atoms with E-state index in [1.54, 1.807) is 0 Å². The van der Waals surface area contributed by atoms with Crippen molar-refractivity contribution in [1.82, 2.24) is 0 Å². The Hall–Kier alpha value is -0.530. The normalized spacial score (nSPS) is 14.8. The molecule has 198 valence electrons. The Morgan fingerprint density at radius 2 is 1.00 bits per heavy atom. The van der Waals surface area contributed by atoms with E-state index in [-0.39, 0.29) is 5.41 Å². The lowest BCUT2D eigenvalue weighted by atomic mass is 9.51. The van der Waals surface area contributed by atoms with Crippen LogP contribution in [-0.4, -0.2) is 11.1 Å². The van der Waals surface area contributed by atoms with Crippen LogP contribution in [0.3, 0.4) is 0 Å². The van der Waals surface area contributed by atoms with E-state index < -0.39 is 11.4 Å². The van der Waals surface area contributed by atoms with Gasteiger partial charge in [-0.1, -0.05) is 144 Å². The maximum Gasteiger partial charge on any atom is 0.309 e. The smallest absolute Gasteiger partial charge is 0.309 e. The molecular formula is C31H62O2. The van der Waals surface area contributed by atoms with Crippen LogP contribution in [0.1, 0.15) is 176 Å². The Morgan fingerprint density at radius 3 is 1.36 bits per heavy atom. The number of rotatable bonds is 24. The molecule has 2 unspecified atom stereocenters. The van der Waals surface area contributed by atoms with Crippen molar-refractivity contribution in [2.24, 2.45) is 16.7 Å². The van der Waals surface area contributed by atoms with Gasteiger partial charge in [0, 0.05) is 0 Å². The van der Waals surface area contributed by atoms with Crippen molar-refractivity contribution in [3.8, 4) is 0 Å². The van der Waals surface area contributed by atoms with Crippen molar-refractivity contribution >= 4 is 5.97 Å². The molecule has 0 aromatic rings. The molecule has 0 heterocycles. The molecule has 0 saturated heterocycles. The highest BCUT2D eigenvalue weighted by atomic mass is 16.4. The maximum atomic E-state index is 13.1. The van der Waals surface area contributed by atoms with Crippen LogP contribution in [0.5, 0.6) is 0 Å². The van der Waals surface area contributed by atoms with E-state index in [1.807, 2.05) is 0 Å². The van der Waals surface area contributed by atoms with E-state index in [1.165, 1.54) is 103 Å². The molecule has 1 N–H and O–H groups in total. The largest absolute Gasteiger partial charge is 0.481 e. The second-order valence-electron chi connectivity index (χ2n) is 11.2. The van der Waals surface area contributed by atoms with Gasteiger partial charge >= 0.3 is 5.97 Å². The first kappa shape index (κ1) is 32.5. The standard InChI is InChI=1S/C31H62O2/c1-7-12-16-20-24-28(11-5)31(26-22-18-14-9-3,27-23-19-15-10-4)30(6,29(32)33)25-21-17-13-8-2/h28H,7-27H2,1-6H3,(H,32,33). The van der Waals surface area contributed by atoms with Gasteiger partial charge < -0.3 is 5.11 Å². The average Bonchev–Trinajstić information content (AvgIpc) is 2.81. The average molecular weight is 467 g/mol. The predicted octanol–water partition coefficient (Wildman–Crippen LogP) is 11.0. The van der Waals surface area contributed by atoms with Crippen LogP contribution >= 0.6 is 0 Å². The molecule has 0 fully saturated rings. The van der Waals surface area contributed by atoms with Crippen LogP contribution in [0.25, 0.3) is 0 Å². The third-order valence-electron chi connectivity index (χ3n) is 8.73. The molecule has 2 heteroatoms. The van der Waals surface area contributed by atoms with Crippen LogP contribution in [-0.2, 0) is 4.79 Å². The minimum absolute atomic E-state index is 0.0620. The summed E-state index contributed by atoms with van der Waals surface area (Å²) in [7, 11) is 0. The van der Waals surface area contributed by atoms with Gasteiger partial charge in [0.15, 0.2) is 0 Å². The number of carbonyl (C=O) groups is 1. The zero-order valence-electron chi connectivity index (χ0n) is 23.8. The Bertz CT molecular complexity index is 446. The van der Waals surface area contributed by atoms with Crippen molar-refractivity contribution in [2.75, 3.05) is 0 Å². The molecule has 0 bridgehead atoms. The number of unbranched alkanes of at least 4 members (excludes halogenated alkanes) is 12. The molecule has 0 saturated carbocycles. The first-order valence-corrected chi connectivity index (χ1v) is 15.1. The number of hydrogen-bond donors (Lipinski definition) is 1. The lowest BCUT2D eigenvalue weighted by Gasteiger charge is -2.52. The number of carboxylic acid groups (broad SMARTS) is 1. The summed E-state index contributed by atoms with van der Waals surface area (Å²) in [6, 6.07) is 0. The third-order valence-corrected chi connectivity index (χ3v) is 8.73. The highest BCUT2D eigenvalue weighted by Crippen LogP contribution is 2.57. The number of carboxylic acids is 1.